The summed E-state index contributed by atoms with van der Waals surface area (Å²) in [7, 11) is 0. The first-order valence-electron chi connectivity index (χ1n) is 11.7. The lowest BCUT2D eigenvalue weighted by Gasteiger charge is -2.35. The molecule has 1 saturated carbocycles. The molecule has 0 aromatic carbocycles. The highest BCUT2D eigenvalue weighted by molar-refractivity contribution is 6.29. The zero-order valence-electron chi connectivity index (χ0n) is 19.1. The summed E-state index contributed by atoms with van der Waals surface area (Å²) in [4.78, 5) is 41.1. The number of anilines is 2. The number of pyridine rings is 3. The molecule has 10 nitrogen and oxygen atoms in total. The molecule has 1 spiro atoms. The Bertz CT molecular complexity index is 1450. The topological polar surface area (TPSA) is 126 Å². The number of fused-ring (bicyclic) bond motifs is 3. The van der Waals surface area contributed by atoms with Crippen LogP contribution in [0.5, 0.6) is 5.75 Å². The van der Waals surface area contributed by atoms with Crippen LogP contribution in [-0.2, 0) is 15.0 Å². The molecule has 1 fully saturated rings. The third-order valence-corrected chi connectivity index (χ3v) is 7.04. The van der Waals surface area contributed by atoms with Crippen LogP contribution >= 0.6 is 11.6 Å². The number of carbonyl (C=O) groups excluding carboxylic acids is 2. The van der Waals surface area contributed by atoms with Gasteiger partial charge in [-0.3, -0.25) is 14.7 Å². The molecule has 2 amide bonds. The van der Waals surface area contributed by atoms with Crippen molar-refractivity contribution in [3.63, 3.8) is 0 Å². The Morgan fingerprint density at radius 3 is 2.86 bits per heavy atom. The number of aromatic amines is 1. The highest BCUT2D eigenvalue weighted by Gasteiger charge is 2.54. The third-order valence-electron chi connectivity index (χ3n) is 6.83. The second-order valence-electron chi connectivity index (χ2n) is 9.03. The van der Waals surface area contributed by atoms with Gasteiger partial charge >= 0.3 is 0 Å². The quantitative estimate of drug-likeness (QED) is 0.398. The van der Waals surface area contributed by atoms with Crippen molar-refractivity contribution in [3.05, 3.63) is 65.8 Å². The summed E-state index contributed by atoms with van der Waals surface area (Å²) in [5, 5.41) is 10.8. The minimum absolute atomic E-state index is 0.0706. The molecule has 2 N–H and O–H groups in total. The minimum Gasteiger partial charge on any atom is -0.489 e. The summed E-state index contributed by atoms with van der Waals surface area (Å²) in [6.45, 7) is -0.135. The normalized spacial score (nSPS) is 21.1. The maximum absolute atomic E-state index is 13.8. The number of carbonyl (C=O) groups is 2. The summed E-state index contributed by atoms with van der Waals surface area (Å²) in [6, 6.07) is 10.5. The average molecular weight is 504 g/mol. The number of aromatic nitrogens is 5. The van der Waals surface area contributed by atoms with Crippen LogP contribution in [0.1, 0.15) is 31.4 Å². The largest absolute Gasteiger partial charge is 0.489 e. The van der Waals surface area contributed by atoms with Crippen molar-refractivity contribution in [2.24, 2.45) is 0 Å². The van der Waals surface area contributed by atoms with Gasteiger partial charge in [0.15, 0.2) is 5.65 Å². The standard InChI is InChI=1S/C25H22ClN7O3/c26-19-5-4-18-22(30-19)25(24(35)33(18)14-21(34)31-20-3-1-2-10-27-20)8-6-16(7-9-25)36-17-11-15-12-29-32-23(15)28-13-17/h1-5,10-13,16H,6-9,14H2,(H,27,31,34)(H,28,29,32). The van der Waals surface area contributed by atoms with Gasteiger partial charge in [0.1, 0.15) is 23.3 Å². The predicted molar refractivity (Wildman–Crippen MR) is 133 cm³/mol. The van der Waals surface area contributed by atoms with Crippen LogP contribution in [0.3, 0.4) is 0 Å². The molecule has 36 heavy (non-hydrogen) atoms. The summed E-state index contributed by atoms with van der Waals surface area (Å²) in [5.41, 5.74) is 1.12. The summed E-state index contributed by atoms with van der Waals surface area (Å²) in [6.07, 6.45) is 7.27. The molecule has 4 aromatic heterocycles. The Hall–Kier alpha value is -4.05. The molecule has 11 heteroatoms. The highest BCUT2D eigenvalue weighted by atomic mass is 35.5. The van der Waals surface area contributed by atoms with Gasteiger partial charge in [-0.25, -0.2) is 15.0 Å². The van der Waals surface area contributed by atoms with Gasteiger partial charge in [0.25, 0.3) is 0 Å². The van der Waals surface area contributed by atoms with Gasteiger partial charge in [0, 0.05) is 11.6 Å². The van der Waals surface area contributed by atoms with Crippen molar-refractivity contribution in [1.82, 2.24) is 25.1 Å². The van der Waals surface area contributed by atoms with Crippen molar-refractivity contribution < 1.29 is 14.3 Å². The second kappa shape index (κ2) is 8.87. The second-order valence-corrected chi connectivity index (χ2v) is 9.42. The molecule has 0 saturated heterocycles. The van der Waals surface area contributed by atoms with E-state index in [1.807, 2.05) is 6.07 Å². The van der Waals surface area contributed by atoms with E-state index in [-0.39, 0.29) is 24.5 Å². The number of amides is 2. The molecule has 0 bridgehead atoms. The fourth-order valence-corrected chi connectivity index (χ4v) is 5.26. The van der Waals surface area contributed by atoms with Crippen molar-refractivity contribution in [2.45, 2.75) is 37.2 Å². The van der Waals surface area contributed by atoms with Gasteiger partial charge < -0.3 is 15.0 Å². The molecule has 0 radical (unpaired) electrons. The Labute approximate surface area is 211 Å². The number of nitrogens with one attached hydrogen (secondary N) is 2. The van der Waals surface area contributed by atoms with Crippen LogP contribution in [0.15, 0.2) is 55.0 Å². The zero-order chi connectivity index (χ0) is 24.7. The van der Waals surface area contributed by atoms with Crippen LogP contribution < -0.4 is 15.0 Å². The van der Waals surface area contributed by atoms with E-state index in [4.69, 9.17) is 16.3 Å². The van der Waals surface area contributed by atoms with Crippen LogP contribution in [0.2, 0.25) is 5.15 Å². The Morgan fingerprint density at radius 1 is 1.19 bits per heavy atom. The van der Waals surface area contributed by atoms with Crippen LogP contribution in [0, 0.1) is 0 Å². The molecule has 6 rings (SSSR count). The van der Waals surface area contributed by atoms with E-state index in [1.165, 1.54) is 4.90 Å². The fraction of sp³-hybridized carbons (Fsp3) is 0.280. The van der Waals surface area contributed by atoms with Crippen molar-refractivity contribution in [3.8, 4) is 5.75 Å². The molecule has 182 valence electrons. The number of hydrogen-bond acceptors (Lipinski definition) is 7. The highest BCUT2D eigenvalue weighted by Crippen LogP contribution is 2.50. The van der Waals surface area contributed by atoms with Crippen LogP contribution in [0.4, 0.5) is 11.5 Å². The first-order valence-corrected chi connectivity index (χ1v) is 12.1. The molecule has 1 aliphatic heterocycles. The lowest BCUT2D eigenvalue weighted by molar-refractivity contribution is -0.126. The SMILES string of the molecule is O=C(CN1C(=O)C2(CCC(Oc3cnc4[nH]ncc4c3)CC2)c2nc(Cl)ccc21)Nc1ccccn1. The molecule has 1 aliphatic carbocycles. The van der Waals surface area contributed by atoms with E-state index < -0.39 is 5.41 Å². The number of hydrogen-bond donors (Lipinski definition) is 2. The Kier molecular flexibility index (Phi) is 5.52. The minimum atomic E-state index is -0.835. The van der Waals surface area contributed by atoms with Gasteiger partial charge in [0.2, 0.25) is 11.8 Å². The first kappa shape index (κ1) is 22.4. The Morgan fingerprint density at radius 2 is 2.06 bits per heavy atom. The molecule has 2 aliphatic rings. The van der Waals surface area contributed by atoms with Gasteiger partial charge in [0.05, 0.1) is 35.3 Å². The van der Waals surface area contributed by atoms with Gasteiger partial charge in [-0.2, -0.15) is 5.10 Å². The lowest BCUT2D eigenvalue weighted by atomic mass is 9.71. The number of rotatable bonds is 5. The maximum atomic E-state index is 13.8. The molecular weight excluding hydrogens is 482 g/mol. The monoisotopic (exact) mass is 503 g/mol. The van der Waals surface area contributed by atoms with E-state index in [2.05, 4.69) is 30.5 Å². The zero-order valence-corrected chi connectivity index (χ0v) is 19.9. The van der Waals surface area contributed by atoms with Crippen molar-refractivity contribution >= 4 is 46.0 Å². The van der Waals surface area contributed by atoms with E-state index in [1.54, 1.807) is 48.9 Å². The molecule has 4 aromatic rings. The number of H-pyrrole nitrogens is 1. The summed E-state index contributed by atoms with van der Waals surface area (Å²) in [5.74, 6) is 0.624. The van der Waals surface area contributed by atoms with Crippen LogP contribution in [-0.4, -0.2) is 49.6 Å². The lowest BCUT2D eigenvalue weighted by Crippen LogP contribution is -2.46. The van der Waals surface area contributed by atoms with Gasteiger partial charge in [-0.15, -0.1) is 0 Å². The van der Waals surface area contributed by atoms with Gasteiger partial charge in [-0.05, 0) is 56.0 Å². The number of halogens is 1. The van der Waals surface area contributed by atoms with Crippen LogP contribution in [0.25, 0.3) is 11.0 Å². The van der Waals surface area contributed by atoms with Gasteiger partial charge in [-0.1, -0.05) is 17.7 Å². The average Bonchev–Trinajstić information content (AvgIpc) is 3.43. The van der Waals surface area contributed by atoms with Crippen molar-refractivity contribution in [2.75, 3.05) is 16.8 Å². The third kappa shape index (κ3) is 3.93. The Balaban J connectivity index is 1.20. The first-order chi connectivity index (χ1) is 17.5. The smallest absolute Gasteiger partial charge is 0.245 e. The number of ether oxygens (including phenoxy) is 1. The van der Waals surface area contributed by atoms with E-state index in [0.29, 0.717) is 59.4 Å². The predicted octanol–water partition coefficient (Wildman–Crippen LogP) is 3.65. The fourth-order valence-electron chi connectivity index (χ4n) is 5.11. The molecule has 0 atom stereocenters. The van der Waals surface area contributed by atoms with E-state index in [0.717, 1.165) is 5.39 Å². The molecule has 5 heterocycles. The maximum Gasteiger partial charge on any atom is 0.245 e. The summed E-state index contributed by atoms with van der Waals surface area (Å²) >= 11 is 6.24. The summed E-state index contributed by atoms with van der Waals surface area (Å²) < 4.78 is 6.19. The van der Waals surface area contributed by atoms with E-state index in [9.17, 15) is 9.59 Å². The van der Waals surface area contributed by atoms with E-state index >= 15 is 0 Å². The van der Waals surface area contributed by atoms with Crippen molar-refractivity contribution in [1.29, 1.82) is 0 Å². The number of nitrogens with zero attached hydrogens (tertiary/aromatic N) is 5. The molecule has 0 unspecified atom stereocenters. The molecular formula is C25H22ClN7O3.